The number of thiazole rings is 1. The van der Waals surface area contributed by atoms with Gasteiger partial charge in [-0.25, -0.2) is 4.98 Å². The van der Waals surface area contributed by atoms with Gasteiger partial charge in [-0.2, -0.15) is 0 Å². The summed E-state index contributed by atoms with van der Waals surface area (Å²) in [6.45, 7) is 8.19. The highest BCUT2D eigenvalue weighted by Gasteiger charge is 2.14. The van der Waals surface area contributed by atoms with Crippen LogP contribution in [0.1, 0.15) is 37.6 Å². The minimum Gasteiger partial charge on any atom is -0.300 e. The van der Waals surface area contributed by atoms with Crippen molar-refractivity contribution in [1.29, 1.82) is 0 Å². The maximum Gasteiger partial charge on any atom is 0.135 e. The standard InChI is InChI=1S/C11H17NOS/c1-8(13)5-9-7-12-10(14-9)6-11(2,3)4/h7H,5-6H2,1-4H3. The molecule has 78 valence electrons. The lowest BCUT2D eigenvalue weighted by atomic mass is 9.93. The number of hydrogen-bond acceptors (Lipinski definition) is 3. The molecule has 3 heteroatoms. The molecule has 0 aliphatic carbocycles. The van der Waals surface area contributed by atoms with E-state index in [0.29, 0.717) is 6.42 Å². The maximum atomic E-state index is 10.9. The summed E-state index contributed by atoms with van der Waals surface area (Å²) in [5.74, 6) is 0.205. The number of carbonyl (C=O) groups excluding carboxylic acids is 1. The van der Waals surface area contributed by atoms with Gasteiger partial charge in [-0.05, 0) is 12.3 Å². The second-order valence-electron chi connectivity index (χ2n) is 4.84. The molecule has 0 aliphatic rings. The molecule has 14 heavy (non-hydrogen) atoms. The number of aromatic nitrogens is 1. The fourth-order valence-electron chi connectivity index (χ4n) is 1.21. The predicted molar refractivity (Wildman–Crippen MR) is 59.7 cm³/mol. The summed E-state index contributed by atoms with van der Waals surface area (Å²) in [6, 6.07) is 0. The molecule has 0 radical (unpaired) electrons. The molecule has 0 saturated carbocycles. The summed E-state index contributed by atoms with van der Waals surface area (Å²) in [7, 11) is 0. The molecular formula is C11H17NOS. The molecule has 1 aromatic rings. The van der Waals surface area contributed by atoms with Crippen LogP contribution in [0.4, 0.5) is 0 Å². The van der Waals surface area contributed by atoms with Gasteiger partial charge in [0.15, 0.2) is 0 Å². The molecule has 0 aromatic carbocycles. The van der Waals surface area contributed by atoms with Crippen molar-refractivity contribution in [3.8, 4) is 0 Å². The Morgan fingerprint density at radius 2 is 2.14 bits per heavy atom. The van der Waals surface area contributed by atoms with Crippen LogP contribution in [0.3, 0.4) is 0 Å². The third-order valence-electron chi connectivity index (χ3n) is 1.71. The van der Waals surface area contributed by atoms with Crippen LogP contribution in [0, 0.1) is 5.41 Å². The second-order valence-corrected chi connectivity index (χ2v) is 6.04. The molecule has 2 nitrogen and oxygen atoms in total. The third-order valence-corrected chi connectivity index (χ3v) is 2.70. The van der Waals surface area contributed by atoms with E-state index in [4.69, 9.17) is 0 Å². The zero-order chi connectivity index (χ0) is 10.8. The summed E-state index contributed by atoms with van der Waals surface area (Å²) in [5.41, 5.74) is 0.269. The van der Waals surface area contributed by atoms with Gasteiger partial charge in [-0.15, -0.1) is 11.3 Å². The van der Waals surface area contributed by atoms with E-state index in [1.54, 1.807) is 18.3 Å². The van der Waals surface area contributed by atoms with Crippen LogP contribution in [-0.4, -0.2) is 10.8 Å². The van der Waals surface area contributed by atoms with Crippen molar-refractivity contribution in [3.63, 3.8) is 0 Å². The van der Waals surface area contributed by atoms with E-state index in [0.717, 1.165) is 16.3 Å². The third kappa shape index (κ3) is 4.01. The molecule has 1 rings (SSSR count). The normalized spacial score (nSPS) is 11.7. The number of nitrogens with zero attached hydrogens (tertiary/aromatic N) is 1. The van der Waals surface area contributed by atoms with Crippen molar-refractivity contribution in [3.05, 3.63) is 16.1 Å². The molecule has 0 spiro atoms. The summed E-state index contributed by atoms with van der Waals surface area (Å²) >= 11 is 1.66. The Kier molecular flexibility index (Phi) is 3.43. The molecule has 0 fully saturated rings. The van der Waals surface area contributed by atoms with Gasteiger partial charge in [0.25, 0.3) is 0 Å². The highest BCUT2D eigenvalue weighted by Crippen LogP contribution is 2.24. The van der Waals surface area contributed by atoms with Crippen LogP contribution in [0.5, 0.6) is 0 Å². The van der Waals surface area contributed by atoms with E-state index in [9.17, 15) is 4.79 Å². The van der Waals surface area contributed by atoms with Gasteiger partial charge in [-0.3, -0.25) is 4.79 Å². The molecule has 0 atom stereocenters. The van der Waals surface area contributed by atoms with E-state index in [-0.39, 0.29) is 11.2 Å². The zero-order valence-corrected chi connectivity index (χ0v) is 10.1. The second kappa shape index (κ2) is 4.22. The van der Waals surface area contributed by atoms with Gasteiger partial charge in [0, 0.05) is 23.9 Å². The van der Waals surface area contributed by atoms with Gasteiger partial charge < -0.3 is 0 Å². The van der Waals surface area contributed by atoms with Crippen LogP contribution in [0.2, 0.25) is 0 Å². The van der Waals surface area contributed by atoms with Crippen molar-refractivity contribution < 1.29 is 4.79 Å². The van der Waals surface area contributed by atoms with Crippen molar-refractivity contribution in [2.45, 2.75) is 40.5 Å². The van der Waals surface area contributed by atoms with Crippen molar-refractivity contribution >= 4 is 17.1 Å². The first kappa shape index (κ1) is 11.4. The van der Waals surface area contributed by atoms with Gasteiger partial charge in [0.05, 0.1) is 5.01 Å². The van der Waals surface area contributed by atoms with E-state index >= 15 is 0 Å². The van der Waals surface area contributed by atoms with Crippen LogP contribution >= 0.6 is 11.3 Å². The van der Waals surface area contributed by atoms with Crippen LogP contribution < -0.4 is 0 Å². The smallest absolute Gasteiger partial charge is 0.135 e. The summed E-state index contributed by atoms with van der Waals surface area (Å²) < 4.78 is 0. The first-order valence-corrected chi connectivity index (χ1v) is 5.61. The minimum atomic E-state index is 0.205. The van der Waals surface area contributed by atoms with Crippen molar-refractivity contribution in [2.75, 3.05) is 0 Å². The molecule has 0 unspecified atom stereocenters. The SMILES string of the molecule is CC(=O)Cc1cnc(CC(C)(C)C)s1. The van der Waals surface area contributed by atoms with E-state index < -0.39 is 0 Å². The molecule has 0 N–H and O–H groups in total. The Labute approximate surface area is 89.4 Å². The molecule has 0 bridgehead atoms. The highest BCUT2D eigenvalue weighted by atomic mass is 32.1. The van der Waals surface area contributed by atoms with Crippen molar-refractivity contribution in [2.24, 2.45) is 5.41 Å². The van der Waals surface area contributed by atoms with Gasteiger partial charge in [0.2, 0.25) is 0 Å². The molecule has 1 heterocycles. The predicted octanol–water partition coefficient (Wildman–Crippen LogP) is 2.86. The number of ketones is 1. The maximum absolute atomic E-state index is 10.9. The topological polar surface area (TPSA) is 30.0 Å². The molecule has 0 saturated heterocycles. The lowest BCUT2D eigenvalue weighted by Crippen LogP contribution is -2.08. The Morgan fingerprint density at radius 1 is 1.50 bits per heavy atom. The molecule has 1 aromatic heterocycles. The first-order chi connectivity index (χ1) is 6.37. The Balaban J connectivity index is 2.64. The van der Waals surface area contributed by atoms with E-state index in [1.807, 2.05) is 6.20 Å². The summed E-state index contributed by atoms with van der Waals surface area (Å²) in [6.07, 6.45) is 3.34. The fraction of sp³-hybridized carbons (Fsp3) is 0.636. The van der Waals surface area contributed by atoms with Crippen molar-refractivity contribution in [1.82, 2.24) is 4.98 Å². The van der Waals surface area contributed by atoms with Gasteiger partial charge >= 0.3 is 0 Å². The average molecular weight is 211 g/mol. The Hall–Kier alpha value is -0.700. The van der Waals surface area contributed by atoms with Crippen LogP contribution in [0.15, 0.2) is 6.20 Å². The van der Waals surface area contributed by atoms with E-state index in [2.05, 4.69) is 25.8 Å². The number of rotatable bonds is 3. The van der Waals surface area contributed by atoms with Crippen LogP contribution in [-0.2, 0) is 17.6 Å². The highest BCUT2D eigenvalue weighted by molar-refractivity contribution is 7.11. The largest absolute Gasteiger partial charge is 0.300 e. The quantitative estimate of drug-likeness (QED) is 0.769. The fourth-order valence-corrected chi connectivity index (χ4v) is 2.50. The van der Waals surface area contributed by atoms with E-state index in [1.165, 1.54) is 0 Å². The Morgan fingerprint density at radius 3 is 2.64 bits per heavy atom. The monoisotopic (exact) mass is 211 g/mol. The lowest BCUT2D eigenvalue weighted by molar-refractivity contribution is -0.116. The lowest BCUT2D eigenvalue weighted by Gasteiger charge is -2.15. The minimum absolute atomic E-state index is 0.205. The van der Waals surface area contributed by atoms with Gasteiger partial charge in [0.1, 0.15) is 5.78 Å². The summed E-state index contributed by atoms with van der Waals surface area (Å²) in [5, 5.41) is 1.13. The van der Waals surface area contributed by atoms with Gasteiger partial charge in [-0.1, -0.05) is 20.8 Å². The first-order valence-electron chi connectivity index (χ1n) is 4.80. The molecular weight excluding hydrogens is 194 g/mol. The average Bonchev–Trinajstić information content (AvgIpc) is 2.30. The number of hydrogen-bond donors (Lipinski definition) is 0. The molecule has 0 aliphatic heterocycles. The molecule has 0 amide bonds. The summed E-state index contributed by atoms with van der Waals surface area (Å²) in [4.78, 5) is 16.3. The number of Topliss-reactive ketones (excluding diaryl/α,β-unsaturated/α-hetero) is 1. The van der Waals surface area contributed by atoms with Crippen LogP contribution in [0.25, 0.3) is 0 Å². The zero-order valence-electron chi connectivity index (χ0n) is 9.26. The Bertz CT molecular complexity index is 322. The number of carbonyl (C=O) groups is 1.